The molecule has 0 aromatic heterocycles. The van der Waals surface area contributed by atoms with Crippen LogP contribution < -0.4 is 10.5 Å². The lowest BCUT2D eigenvalue weighted by Crippen LogP contribution is -2.26. The van der Waals surface area contributed by atoms with Crippen LogP contribution in [0.1, 0.15) is 30.6 Å². The van der Waals surface area contributed by atoms with Gasteiger partial charge in [0, 0.05) is 6.92 Å². The van der Waals surface area contributed by atoms with Crippen molar-refractivity contribution in [2.45, 2.75) is 26.5 Å². The number of para-hydroxylation sites is 1. The van der Waals surface area contributed by atoms with Crippen LogP contribution >= 0.6 is 12.4 Å². The number of rotatable bonds is 4. The van der Waals surface area contributed by atoms with Crippen LogP contribution in [-0.4, -0.2) is 18.2 Å². The van der Waals surface area contributed by atoms with E-state index < -0.39 is 18.2 Å². The smallest absolute Gasteiger partial charge is 0.343 e. The third kappa shape index (κ3) is 4.73. The Labute approximate surface area is 112 Å². The first-order chi connectivity index (χ1) is 8.04. The molecule has 0 bridgehead atoms. The zero-order chi connectivity index (χ0) is 12.8. The Bertz CT molecular complexity index is 422. The van der Waals surface area contributed by atoms with E-state index in [1.807, 2.05) is 0 Å². The van der Waals surface area contributed by atoms with E-state index in [0.29, 0.717) is 6.42 Å². The minimum atomic E-state index is -0.659. The highest BCUT2D eigenvalue weighted by atomic mass is 35.5. The van der Waals surface area contributed by atoms with Gasteiger partial charge in [0.2, 0.25) is 0 Å². The molecule has 6 heteroatoms. The van der Waals surface area contributed by atoms with Crippen LogP contribution in [-0.2, 0) is 9.53 Å². The molecule has 0 fully saturated rings. The van der Waals surface area contributed by atoms with E-state index in [0.717, 1.165) is 0 Å². The van der Waals surface area contributed by atoms with E-state index in [9.17, 15) is 9.59 Å². The first-order valence-corrected chi connectivity index (χ1v) is 5.28. The number of esters is 2. The predicted octanol–water partition coefficient (Wildman–Crippen LogP) is 1.89. The SMILES string of the molecule is CCC(N)OC(=O)c1ccccc1OC(C)=O.Cl. The van der Waals surface area contributed by atoms with Gasteiger partial charge in [-0.1, -0.05) is 19.1 Å². The number of nitrogens with two attached hydrogens (primary N) is 1. The summed E-state index contributed by atoms with van der Waals surface area (Å²) >= 11 is 0. The van der Waals surface area contributed by atoms with Gasteiger partial charge in [0.05, 0.1) is 0 Å². The zero-order valence-electron chi connectivity index (χ0n) is 10.2. The minimum absolute atomic E-state index is 0. The molecule has 2 N–H and O–H groups in total. The van der Waals surface area contributed by atoms with Crippen LogP contribution in [0.25, 0.3) is 0 Å². The molecule has 1 unspecified atom stereocenters. The molecule has 0 aliphatic rings. The van der Waals surface area contributed by atoms with Gasteiger partial charge in [-0.3, -0.25) is 10.5 Å². The van der Waals surface area contributed by atoms with Crippen molar-refractivity contribution < 1.29 is 19.1 Å². The van der Waals surface area contributed by atoms with Crippen LogP contribution in [0.3, 0.4) is 0 Å². The van der Waals surface area contributed by atoms with E-state index in [2.05, 4.69) is 0 Å². The molecule has 1 atom stereocenters. The second-order valence-corrected chi connectivity index (χ2v) is 3.44. The van der Waals surface area contributed by atoms with Crippen molar-refractivity contribution in [1.29, 1.82) is 0 Å². The highest BCUT2D eigenvalue weighted by Gasteiger charge is 2.16. The topological polar surface area (TPSA) is 78.6 Å². The lowest BCUT2D eigenvalue weighted by Gasteiger charge is -2.12. The third-order valence-corrected chi connectivity index (χ3v) is 2.02. The maximum Gasteiger partial charge on any atom is 0.343 e. The van der Waals surface area contributed by atoms with Gasteiger partial charge in [-0.05, 0) is 18.6 Å². The van der Waals surface area contributed by atoms with Gasteiger partial charge in [-0.15, -0.1) is 12.4 Å². The average molecular weight is 274 g/mol. The fourth-order valence-corrected chi connectivity index (χ4v) is 1.16. The van der Waals surface area contributed by atoms with Gasteiger partial charge >= 0.3 is 11.9 Å². The van der Waals surface area contributed by atoms with Gasteiger partial charge in [0.1, 0.15) is 11.3 Å². The fraction of sp³-hybridized carbons (Fsp3) is 0.333. The predicted molar refractivity (Wildman–Crippen MR) is 68.7 cm³/mol. The average Bonchev–Trinajstić information content (AvgIpc) is 2.28. The molecule has 0 aliphatic carbocycles. The van der Waals surface area contributed by atoms with Crippen molar-refractivity contribution in [3.05, 3.63) is 29.8 Å². The molecule has 0 aliphatic heterocycles. The molecule has 0 amide bonds. The van der Waals surface area contributed by atoms with E-state index in [-0.39, 0.29) is 23.7 Å². The standard InChI is InChI=1S/C12H15NO4.ClH/c1-3-11(13)17-12(15)9-6-4-5-7-10(9)16-8(2)14;/h4-7,11H,3,13H2,1-2H3;1H. The summed E-state index contributed by atoms with van der Waals surface area (Å²) in [6.07, 6.45) is -0.144. The van der Waals surface area contributed by atoms with Crippen LogP contribution in [0.15, 0.2) is 24.3 Å². The third-order valence-electron chi connectivity index (χ3n) is 2.02. The molecule has 0 saturated heterocycles. The summed E-state index contributed by atoms with van der Waals surface area (Å²) in [5.41, 5.74) is 5.70. The minimum Gasteiger partial charge on any atom is -0.443 e. The molecule has 0 radical (unpaired) electrons. The van der Waals surface area contributed by atoms with Crippen molar-refractivity contribution in [2.24, 2.45) is 5.73 Å². The van der Waals surface area contributed by atoms with Gasteiger partial charge in [0.15, 0.2) is 6.23 Å². The van der Waals surface area contributed by atoms with Crippen molar-refractivity contribution >= 4 is 24.3 Å². The molecule has 100 valence electrons. The molecule has 1 rings (SSSR count). The van der Waals surface area contributed by atoms with Crippen LogP contribution in [0, 0.1) is 0 Å². The normalized spacial score (nSPS) is 11.1. The molecular formula is C12H16ClNO4. The molecule has 5 nitrogen and oxygen atoms in total. The Morgan fingerprint density at radius 3 is 2.50 bits per heavy atom. The summed E-state index contributed by atoms with van der Waals surface area (Å²) in [6, 6.07) is 6.36. The van der Waals surface area contributed by atoms with Crippen LogP contribution in [0.2, 0.25) is 0 Å². The lowest BCUT2D eigenvalue weighted by molar-refractivity contribution is -0.131. The highest BCUT2D eigenvalue weighted by molar-refractivity contribution is 5.93. The van der Waals surface area contributed by atoms with Gasteiger partial charge < -0.3 is 9.47 Å². The Morgan fingerprint density at radius 2 is 1.94 bits per heavy atom. The van der Waals surface area contributed by atoms with Crippen molar-refractivity contribution in [3.63, 3.8) is 0 Å². The van der Waals surface area contributed by atoms with Crippen molar-refractivity contribution in [2.75, 3.05) is 0 Å². The van der Waals surface area contributed by atoms with E-state index in [1.54, 1.807) is 19.1 Å². The first-order valence-electron chi connectivity index (χ1n) is 5.28. The molecule has 0 heterocycles. The maximum absolute atomic E-state index is 11.7. The fourth-order valence-electron chi connectivity index (χ4n) is 1.16. The second-order valence-electron chi connectivity index (χ2n) is 3.44. The molecule has 1 aromatic rings. The zero-order valence-corrected chi connectivity index (χ0v) is 11.0. The largest absolute Gasteiger partial charge is 0.443 e. The number of carbonyl (C=O) groups excluding carboxylic acids is 2. The summed E-state index contributed by atoms with van der Waals surface area (Å²) in [7, 11) is 0. The van der Waals surface area contributed by atoms with Gasteiger partial charge in [-0.2, -0.15) is 0 Å². The molecule has 1 aromatic carbocycles. The summed E-state index contributed by atoms with van der Waals surface area (Å²) in [6.45, 7) is 3.07. The van der Waals surface area contributed by atoms with Crippen molar-refractivity contribution in [3.8, 4) is 5.75 Å². The lowest BCUT2D eigenvalue weighted by atomic mass is 10.2. The summed E-state index contributed by atoms with van der Waals surface area (Å²) in [5, 5.41) is 0. The Balaban J connectivity index is 0.00000289. The monoisotopic (exact) mass is 273 g/mol. The number of halogens is 1. The molecule has 0 spiro atoms. The summed E-state index contributed by atoms with van der Waals surface area (Å²) in [4.78, 5) is 22.6. The van der Waals surface area contributed by atoms with Crippen molar-refractivity contribution in [1.82, 2.24) is 0 Å². The number of ether oxygens (including phenoxy) is 2. The van der Waals surface area contributed by atoms with E-state index in [1.165, 1.54) is 19.1 Å². The number of benzene rings is 1. The number of hydrogen-bond acceptors (Lipinski definition) is 5. The highest BCUT2D eigenvalue weighted by Crippen LogP contribution is 2.19. The second kappa shape index (κ2) is 7.68. The molecular weight excluding hydrogens is 258 g/mol. The molecule has 0 saturated carbocycles. The summed E-state index contributed by atoms with van der Waals surface area (Å²) in [5.74, 6) is -0.922. The Morgan fingerprint density at radius 1 is 1.33 bits per heavy atom. The molecule has 18 heavy (non-hydrogen) atoms. The van der Waals surface area contributed by atoms with Crippen LogP contribution in [0.5, 0.6) is 5.75 Å². The van der Waals surface area contributed by atoms with Crippen LogP contribution in [0.4, 0.5) is 0 Å². The maximum atomic E-state index is 11.7. The quantitative estimate of drug-likeness (QED) is 0.515. The summed E-state index contributed by atoms with van der Waals surface area (Å²) < 4.78 is 9.86. The van der Waals surface area contributed by atoms with E-state index >= 15 is 0 Å². The van der Waals surface area contributed by atoms with Gasteiger partial charge in [-0.25, -0.2) is 4.79 Å². The van der Waals surface area contributed by atoms with E-state index in [4.69, 9.17) is 15.2 Å². The number of hydrogen-bond donors (Lipinski definition) is 1. The Hall–Kier alpha value is -1.59. The Kier molecular flexibility index (Phi) is 7.00. The number of carbonyl (C=O) groups is 2. The van der Waals surface area contributed by atoms with Gasteiger partial charge in [0.25, 0.3) is 0 Å². The first kappa shape index (κ1) is 16.4.